The molecule has 120 valence electrons. The zero-order valence-corrected chi connectivity index (χ0v) is 13.3. The number of rotatable bonds is 4. The van der Waals surface area contributed by atoms with Gasteiger partial charge in [-0.25, -0.2) is 0 Å². The summed E-state index contributed by atoms with van der Waals surface area (Å²) in [7, 11) is 1.65. The summed E-state index contributed by atoms with van der Waals surface area (Å²) in [4.78, 5) is 5.86. The molecule has 2 aliphatic heterocycles. The number of methoxy groups -OCH3 is 1. The molecule has 0 aromatic heterocycles. The first-order valence-corrected chi connectivity index (χ1v) is 7.56. The first-order chi connectivity index (χ1) is 10.6. The Hall–Kier alpha value is -1.40. The zero-order valence-electron chi connectivity index (χ0n) is 13.3. The van der Waals surface area contributed by atoms with Gasteiger partial charge in [-0.2, -0.15) is 5.06 Å². The molecule has 0 aliphatic carbocycles. The molecule has 2 heterocycles. The van der Waals surface area contributed by atoms with Crippen LogP contribution in [0.3, 0.4) is 0 Å². The highest BCUT2D eigenvalue weighted by Crippen LogP contribution is 2.33. The van der Waals surface area contributed by atoms with E-state index >= 15 is 0 Å². The maximum Gasteiger partial charge on any atom is 0.163 e. The van der Waals surface area contributed by atoms with Crippen molar-refractivity contribution in [3.8, 4) is 0 Å². The molecular formula is C17H23NO4. The maximum absolute atomic E-state index is 6.04. The topological polar surface area (TPSA) is 40.2 Å². The quantitative estimate of drug-likeness (QED) is 0.799. The van der Waals surface area contributed by atoms with Crippen molar-refractivity contribution in [3.63, 3.8) is 0 Å². The van der Waals surface area contributed by atoms with E-state index in [1.165, 1.54) is 5.56 Å². The van der Waals surface area contributed by atoms with E-state index in [2.05, 4.69) is 12.1 Å². The summed E-state index contributed by atoms with van der Waals surface area (Å²) >= 11 is 0. The Bertz CT molecular complexity index is 529. The first kappa shape index (κ1) is 15.5. The predicted molar refractivity (Wildman–Crippen MR) is 81.7 cm³/mol. The molecule has 5 nitrogen and oxygen atoms in total. The van der Waals surface area contributed by atoms with Crippen LogP contribution in [0.25, 0.3) is 0 Å². The van der Waals surface area contributed by atoms with Crippen LogP contribution in [0.2, 0.25) is 0 Å². The second kappa shape index (κ2) is 6.38. The third-order valence-electron chi connectivity index (χ3n) is 3.92. The van der Waals surface area contributed by atoms with Gasteiger partial charge in [-0.1, -0.05) is 30.3 Å². The van der Waals surface area contributed by atoms with Crippen LogP contribution in [0.1, 0.15) is 19.4 Å². The fourth-order valence-corrected chi connectivity index (χ4v) is 2.97. The number of hydrogen-bond donors (Lipinski definition) is 0. The zero-order chi connectivity index (χ0) is 15.6. The van der Waals surface area contributed by atoms with Gasteiger partial charge in [-0.3, -0.25) is 4.84 Å². The van der Waals surface area contributed by atoms with Crippen molar-refractivity contribution in [2.45, 2.75) is 38.3 Å². The van der Waals surface area contributed by atoms with Gasteiger partial charge in [0.05, 0.1) is 32.6 Å². The van der Waals surface area contributed by atoms with Gasteiger partial charge in [-0.15, -0.1) is 0 Å². The molecule has 1 aromatic rings. The Balaban J connectivity index is 1.78. The SMILES string of the molecule is CO/C=C1\CON(Cc2ccccc2)[C@@H]1[C@H]1COC(C)(C)O1. The van der Waals surface area contributed by atoms with E-state index in [-0.39, 0.29) is 12.1 Å². The van der Waals surface area contributed by atoms with E-state index in [0.717, 1.165) is 5.57 Å². The fourth-order valence-electron chi connectivity index (χ4n) is 2.97. The third-order valence-corrected chi connectivity index (χ3v) is 3.92. The van der Waals surface area contributed by atoms with Crippen molar-refractivity contribution in [3.05, 3.63) is 47.7 Å². The van der Waals surface area contributed by atoms with Crippen molar-refractivity contribution in [1.29, 1.82) is 0 Å². The van der Waals surface area contributed by atoms with E-state index in [9.17, 15) is 0 Å². The predicted octanol–water partition coefficient (Wildman–Crippen LogP) is 2.48. The van der Waals surface area contributed by atoms with Crippen LogP contribution < -0.4 is 0 Å². The van der Waals surface area contributed by atoms with Gasteiger partial charge < -0.3 is 14.2 Å². The molecule has 0 spiro atoms. The summed E-state index contributed by atoms with van der Waals surface area (Å²) in [5.41, 5.74) is 2.27. The Morgan fingerprint density at radius 3 is 2.73 bits per heavy atom. The Kier molecular flexibility index (Phi) is 4.49. The normalized spacial score (nSPS) is 30.0. The summed E-state index contributed by atoms with van der Waals surface area (Å²) in [5, 5.41) is 1.97. The highest BCUT2D eigenvalue weighted by Gasteiger charge is 2.44. The lowest BCUT2D eigenvalue weighted by Gasteiger charge is -2.27. The van der Waals surface area contributed by atoms with Gasteiger partial charge in [0, 0.05) is 12.1 Å². The fraction of sp³-hybridized carbons (Fsp3) is 0.529. The smallest absolute Gasteiger partial charge is 0.163 e. The Morgan fingerprint density at radius 2 is 2.09 bits per heavy atom. The molecule has 0 N–H and O–H groups in total. The maximum atomic E-state index is 6.04. The average Bonchev–Trinajstić information content (AvgIpc) is 3.04. The number of ether oxygens (including phenoxy) is 3. The van der Waals surface area contributed by atoms with Gasteiger partial charge >= 0.3 is 0 Å². The van der Waals surface area contributed by atoms with E-state index in [1.807, 2.05) is 37.1 Å². The molecule has 2 aliphatic rings. The molecule has 22 heavy (non-hydrogen) atoms. The summed E-state index contributed by atoms with van der Waals surface area (Å²) in [6.07, 6.45) is 1.69. The van der Waals surface area contributed by atoms with Gasteiger partial charge in [0.25, 0.3) is 0 Å². The van der Waals surface area contributed by atoms with E-state index in [0.29, 0.717) is 19.8 Å². The van der Waals surface area contributed by atoms with Crippen molar-refractivity contribution in [1.82, 2.24) is 5.06 Å². The van der Waals surface area contributed by atoms with Crippen LogP contribution in [-0.2, 0) is 25.6 Å². The molecule has 0 saturated carbocycles. The molecule has 2 atom stereocenters. The van der Waals surface area contributed by atoms with Crippen molar-refractivity contribution in [2.24, 2.45) is 0 Å². The van der Waals surface area contributed by atoms with Crippen molar-refractivity contribution >= 4 is 0 Å². The van der Waals surface area contributed by atoms with Crippen LogP contribution in [-0.4, -0.2) is 43.3 Å². The van der Waals surface area contributed by atoms with Gasteiger partial charge in [0.15, 0.2) is 5.79 Å². The molecule has 2 saturated heterocycles. The molecule has 2 fully saturated rings. The molecule has 5 heteroatoms. The molecule has 0 amide bonds. The number of hydroxylamine groups is 2. The van der Waals surface area contributed by atoms with Crippen LogP contribution in [0.15, 0.2) is 42.2 Å². The molecule has 0 radical (unpaired) electrons. The van der Waals surface area contributed by atoms with Crippen LogP contribution in [0, 0.1) is 0 Å². The van der Waals surface area contributed by atoms with E-state index < -0.39 is 5.79 Å². The summed E-state index contributed by atoms with van der Waals surface area (Å²) in [5.74, 6) is -0.552. The lowest BCUT2D eigenvalue weighted by molar-refractivity contribution is -0.180. The number of hydrogen-bond acceptors (Lipinski definition) is 5. The van der Waals surface area contributed by atoms with E-state index in [4.69, 9.17) is 19.0 Å². The Morgan fingerprint density at radius 1 is 1.32 bits per heavy atom. The van der Waals surface area contributed by atoms with Crippen molar-refractivity contribution in [2.75, 3.05) is 20.3 Å². The van der Waals surface area contributed by atoms with Crippen LogP contribution in [0.4, 0.5) is 0 Å². The molecule has 0 unspecified atom stereocenters. The van der Waals surface area contributed by atoms with Crippen LogP contribution in [0.5, 0.6) is 0 Å². The molecule has 3 rings (SSSR count). The third kappa shape index (κ3) is 3.33. The summed E-state index contributed by atoms with van der Waals surface area (Å²) in [6, 6.07) is 10.3. The highest BCUT2D eigenvalue weighted by molar-refractivity contribution is 5.19. The minimum Gasteiger partial charge on any atom is -0.504 e. The minimum atomic E-state index is -0.552. The first-order valence-electron chi connectivity index (χ1n) is 7.56. The van der Waals surface area contributed by atoms with Crippen molar-refractivity contribution < 1.29 is 19.0 Å². The second-order valence-electron chi connectivity index (χ2n) is 6.07. The number of benzene rings is 1. The molecule has 1 aromatic carbocycles. The highest BCUT2D eigenvalue weighted by atomic mass is 16.8. The lowest BCUT2D eigenvalue weighted by Crippen LogP contribution is -2.41. The Labute approximate surface area is 131 Å². The minimum absolute atomic E-state index is 0.00179. The largest absolute Gasteiger partial charge is 0.504 e. The monoisotopic (exact) mass is 305 g/mol. The summed E-state index contributed by atoms with van der Waals surface area (Å²) < 4.78 is 17.0. The summed E-state index contributed by atoms with van der Waals surface area (Å²) in [6.45, 7) is 5.64. The second-order valence-corrected chi connectivity index (χ2v) is 6.07. The van der Waals surface area contributed by atoms with Crippen LogP contribution >= 0.6 is 0 Å². The van der Waals surface area contributed by atoms with Gasteiger partial charge in [-0.05, 0) is 19.4 Å². The molecule has 0 bridgehead atoms. The average molecular weight is 305 g/mol. The molecular weight excluding hydrogens is 282 g/mol. The van der Waals surface area contributed by atoms with Gasteiger partial charge in [0.2, 0.25) is 0 Å². The lowest BCUT2D eigenvalue weighted by atomic mass is 10.0. The van der Waals surface area contributed by atoms with Gasteiger partial charge in [0.1, 0.15) is 6.10 Å². The van der Waals surface area contributed by atoms with E-state index in [1.54, 1.807) is 13.4 Å². The standard InChI is InChI=1S/C17H23NO4/c1-17(2)20-12-15(22-17)16-14(10-19-3)11-21-18(16)9-13-7-5-4-6-8-13/h4-8,10,15-16H,9,11-12H2,1-3H3/b14-10+/t15-,16+/m1/s1. The number of nitrogens with zero attached hydrogens (tertiary/aromatic N) is 1.